The van der Waals surface area contributed by atoms with Gasteiger partial charge in [0.05, 0.1) is 0 Å². The Hall–Kier alpha value is -1.26. The molecule has 1 fully saturated rings. The van der Waals surface area contributed by atoms with E-state index < -0.39 is 0 Å². The number of carbonyl (C=O) groups is 1. The standard InChI is InChI=1S/C13H18N2O2.ClH/c1-9-2-3-11(14)8-12(9)15-13(16)10-4-6-17-7-5-10;/h2-3,8,10H,4-7,14H2,1H3,(H,15,16);1H. The molecule has 100 valence electrons. The summed E-state index contributed by atoms with van der Waals surface area (Å²) < 4.78 is 5.24. The Bertz CT molecular complexity index is 417. The van der Waals surface area contributed by atoms with E-state index in [0.717, 1.165) is 24.1 Å². The lowest BCUT2D eigenvalue weighted by Crippen LogP contribution is -2.28. The van der Waals surface area contributed by atoms with Crippen LogP contribution < -0.4 is 11.1 Å². The minimum atomic E-state index is 0. The first-order chi connectivity index (χ1) is 8.16. The van der Waals surface area contributed by atoms with Crippen LogP contribution in [0.4, 0.5) is 11.4 Å². The SMILES string of the molecule is Cc1ccc(N)cc1NC(=O)C1CCOCC1.Cl. The summed E-state index contributed by atoms with van der Waals surface area (Å²) in [7, 11) is 0. The minimum Gasteiger partial charge on any atom is -0.399 e. The number of halogens is 1. The van der Waals surface area contributed by atoms with Gasteiger partial charge in [0.25, 0.3) is 0 Å². The number of amides is 1. The van der Waals surface area contributed by atoms with Crippen molar-refractivity contribution in [2.45, 2.75) is 19.8 Å². The normalized spacial score (nSPS) is 15.8. The largest absolute Gasteiger partial charge is 0.399 e. The Morgan fingerprint density at radius 1 is 1.39 bits per heavy atom. The number of aryl methyl sites for hydroxylation is 1. The molecule has 0 atom stereocenters. The summed E-state index contributed by atoms with van der Waals surface area (Å²) in [5.74, 6) is 0.131. The van der Waals surface area contributed by atoms with Crippen LogP contribution in [0.2, 0.25) is 0 Å². The van der Waals surface area contributed by atoms with E-state index in [1.54, 1.807) is 6.07 Å². The van der Waals surface area contributed by atoms with Crippen molar-refractivity contribution < 1.29 is 9.53 Å². The predicted molar refractivity (Wildman–Crippen MR) is 75.0 cm³/mol. The van der Waals surface area contributed by atoms with Crippen LogP contribution in [0.5, 0.6) is 0 Å². The van der Waals surface area contributed by atoms with Gasteiger partial charge >= 0.3 is 0 Å². The molecule has 1 aromatic rings. The monoisotopic (exact) mass is 270 g/mol. The number of ether oxygens (including phenoxy) is 1. The first kappa shape index (κ1) is 14.8. The molecule has 1 amide bonds. The van der Waals surface area contributed by atoms with E-state index in [2.05, 4.69) is 5.32 Å². The zero-order chi connectivity index (χ0) is 12.3. The lowest BCUT2D eigenvalue weighted by molar-refractivity contribution is -0.122. The average molecular weight is 271 g/mol. The van der Waals surface area contributed by atoms with Gasteiger partial charge in [-0.3, -0.25) is 4.79 Å². The van der Waals surface area contributed by atoms with Gasteiger partial charge in [-0.05, 0) is 37.5 Å². The second-order valence-corrected chi connectivity index (χ2v) is 4.45. The maximum atomic E-state index is 12.0. The summed E-state index contributed by atoms with van der Waals surface area (Å²) in [5, 5.41) is 2.95. The van der Waals surface area contributed by atoms with Crippen LogP contribution in [-0.2, 0) is 9.53 Å². The summed E-state index contributed by atoms with van der Waals surface area (Å²) in [6, 6.07) is 5.54. The van der Waals surface area contributed by atoms with Gasteiger partial charge in [-0.1, -0.05) is 6.07 Å². The number of nitrogens with one attached hydrogen (secondary N) is 1. The van der Waals surface area contributed by atoms with Gasteiger partial charge < -0.3 is 15.8 Å². The molecule has 0 unspecified atom stereocenters. The molecule has 0 spiro atoms. The van der Waals surface area contributed by atoms with Crippen LogP contribution >= 0.6 is 12.4 Å². The van der Waals surface area contributed by atoms with Crippen molar-refractivity contribution in [3.05, 3.63) is 23.8 Å². The van der Waals surface area contributed by atoms with E-state index in [1.165, 1.54) is 0 Å². The van der Waals surface area contributed by atoms with Crippen molar-refractivity contribution >= 4 is 29.7 Å². The summed E-state index contributed by atoms with van der Waals surface area (Å²) in [6.45, 7) is 3.31. The molecule has 0 aromatic heterocycles. The molecule has 0 aliphatic carbocycles. The maximum Gasteiger partial charge on any atom is 0.227 e. The fourth-order valence-corrected chi connectivity index (χ4v) is 1.97. The molecule has 1 aliphatic heterocycles. The smallest absolute Gasteiger partial charge is 0.227 e. The molecule has 2 rings (SSSR count). The number of nitrogens with two attached hydrogens (primary N) is 1. The number of benzene rings is 1. The summed E-state index contributed by atoms with van der Waals surface area (Å²) in [5.41, 5.74) is 8.21. The maximum absolute atomic E-state index is 12.0. The van der Waals surface area contributed by atoms with Crippen LogP contribution in [0.3, 0.4) is 0 Å². The molecule has 1 saturated heterocycles. The number of nitrogen functional groups attached to an aromatic ring is 1. The zero-order valence-corrected chi connectivity index (χ0v) is 11.3. The molecule has 0 radical (unpaired) electrons. The Balaban J connectivity index is 0.00000162. The topological polar surface area (TPSA) is 64.3 Å². The van der Waals surface area contributed by atoms with Crippen molar-refractivity contribution in [3.63, 3.8) is 0 Å². The number of hydrogen-bond acceptors (Lipinski definition) is 3. The van der Waals surface area contributed by atoms with Gasteiger partial charge in [0.15, 0.2) is 0 Å². The Morgan fingerprint density at radius 2 is 2.06 bits per heavy atom. The van der Waals surface area contributed by atoms with Crippen molar-refractivity contribution in [1.29, 1.82) is 0 Å². The molecule has 0 saturated carbocycles. The first-order valence-corrected chi connectivity index (χ1v) is 5.91. The highest BCUT2D eigenvalue weighted by atomic mass is 35.5. The van der Waals surface area contributed by atoms with Crippen LogP contribution in [-0.4, -0.2) is 19.1 Å². The Morgan fingerprint density at radius 3 is 2.72 bits per heavy atom. The fraction of sp³-hybridized carbons (Fsp3) is 0.462. The van der Waals surface area contributed by atoms with E-state index >= 15 is 0 Å². The third-order valence-electron chi connectivity index (χ3n) is 3.11. The van der Waals surface area contributed by atoms with Gasteiger partial charge in [-0.25, -0.2) is 0 Å². The van der Waals surface area contributed by atoms with E-state index in [-0.39, 0.29) is 24.2 Å². The summed E-state index contributed by atoms with van der Waals surface area (Å²) >= 11 is 0. The Labute approximate surface area is 113 Å². The molecule has 0 bridgehead atoms. The van der Waals surface area contributed by atoms with Gasteiger partial charge in [0.1, 0.15) is 0 Å². The molecule has 5 heteroatoms. The Kier molecular flexibility index (Phi) is 5.44. The lowest BCUT2D eigenvalue weighted by atomic mass is 9.99. The highest BCUT2D eigenvalue weighted by Gasteiger charge is 2.21. The minimum absolute atomic E-state index is 0. The second kappa shape index (κ2) is 6.61. The van der Waals surface area contributed by atoms with Gasteiger partial charge in [-0.2, -0.15) is 0 Å². The molecule has 1 aromatic carbocycles. The molecule has 4 nitrogen and oxygen atoms in total. The van der Waals surface area contributed by atoms with Crippen molar-refractivity contribution in [3.8, 4) is 0 Å². The summed E-state index contributed by atoms with van der Waals surface area (Å²) in [6.07, 6.45) is 1.60. The number of rotatable bonds is 2. The molecule has 3 N–H and O–H groups in total. The molecule has 18 heavy (non-hydrogen) atoms. The van der Waals surface area contributed by atoms with E-state index in [1.807, 2.05) is 19.1 Å². The van der Waals surface area contributed by atoms with Crippen LogP contribution in [0, 0.1) is 12.8 Å². The molecular formula is C13H19ClN2O2. The van der Waals surface area contributed by atoms with E-state index in [4.69, 9.17) is 10.5 Å². The highest BCUT2D eigenvalue weighted by Crippen LogP contribution is 2.21. The number of hydrogen-bond donors (Lipinski definition) is 2. The van der Waals surface area contributed by atoms with Gasteiger partial charge in [0, 0.05) is 30.5 Å². The third-order valence-corrected chi connectivity index (χ3v) is 3.11. The molecular weight excluding hydrogens is 252 g/mol. The van der Waals surface area contributed by atoms with Crippen LogP contribution in [0.25, 0.3) is 0 Å². The molecule has 1 heterocycles. The average Bonchev–Trinajstić information content (AvgIpc) is 2.35. The lowest BCUT2D eigenvalue weighted by Gasteiger charge is -2.21. The first-order valence-electron chi connectivity index (χ1n) is 5.91. The van der Waals surface area contributed by atoms with Gasteiger partial charge in [-0.15, -0.1) is 12.4 Å². The van der Waals surface area contributed by atoms with Crippen molar-refractivity contribution in [2.75, 3.05) is 24.3 Å². The van der Waals surface area contributed by atoms with Crippen LogP contribution in [0.1, 0.15) is 18.4 Å². The van der Waals surface area contributed by atoms with Gasteiger partial charge in [0.2, 0.25) is 5.91 Å². The van der Waals surface area contributed by atoms with Crippen molar-refractivity contribution in [1.82, 2.24) is 0 Å². The number of anilines is 2. The summed E-state index contributed by atoms with van der Waals surface area (Å²) in [4.78, 5) is 12.0. The second-order valence-electron chi connectivity index (χ2n) is 4.45. The van der Waals surface area contributed by atoms with Crippen molar-refractivity contribution in [2.24, 2.45) is 5.92 Å². The fourth-order valence-electron chi connectivity index (χ4n) is 1.97. The highest BCUT2D eigenvalue weighted by molar-refractivity contribution is 5.93. The third kappa shape index (κ3) is 3.62. The van der Waals surface area contributed by atoms with E-state index in [9.17, 15) is 4.79 Å². The van der Waals surface area contributed by atoms with Crippen LogP contribution in [0.15, 0.2) is 18.2 Å². The molecule has 1 aliphatic rings. The predicted octanol–water partition coefficient (Wildman–Crippen LogP) is 2.36. The number of carbonyl (C=O) groups excluding carboxylic acids is 1. The quantitative estimate of drug-likeness (QED) is 0.811. The van der Waals surface area contributed by atoms with E-state index in [0.29, 0.717) is 18.9 Å². The zero-order valence-electron chi connectivity index (χ0n) is 10.4.